The van der Waals surface area contributed by atoms with Crippen LogP contribution in [0.25, 0.3) is 5.78 Å². The Morgan fingerprint density at radius 1 is 1.33 bits per heavy atom. The molecule has 2 aromatic heterocycles. The summed E-state index contributed by atoms with van der Waals surface area (Å²) in [7, 11) is 0. The number of fused-ring (bicyclic) bond motifs is 1. The molecular formula is C17H22N6O3S. The fraction of sp³-hybridized carbons (Fsp3) is 0.471. The SMILES string of the molecule is CCOC(=O)C1=C(CSc2nc3nc(C)cc(C)n3n2)NC(=O)NC1CC. The number of carbonyl (C=O) groups excluding carboxylic acids is 2. The molecule has 144 valence electrons. The normalized spacial score (nSPS) is 17.0. The van der Waals surface area contributed by atoms with E-state index in [2.05, 4.69) is 25.7 Å². The molecule has 0 radical (unpaired) electrons. The standard InChI is InChI=1S/C17H22N6O3S/c1-5-11-13(14(24)26-6-2)12(20-16(25)19-11)8-27-17-21-15-18-9(3)7-10(4)23(15)22-17/h7,11H,5-6,8H2,1-4H3,(H2,19,20,25). The third-order valence-electron chi connectivity index (χ3n) is 4.09. The quantitative estimate of drug-likeness (QED) is 0.571. The van der Waals surface area contributed by atoms with Gasteiger partial charge in [-0.2, -0.15) is 4.98 Å². The van der Waals surface area contributed by atoms with E-state index in [9.17, 15) is 9.59 Å². The number of hydrogen-bond acceptors (Lipinski definition) is 7. The van der Waals surface area contributed by atoms with E-state index in [4.69, 9.17) is 4.74 Å². The molecule has 2 aromatic rings. The average Bonchev–Trinajstić information content (AvgIpc) is 3.02. The Labute approximate surface area is 161 Å². The fourth-order valence-corrected chi connectivity index (χ4v) is 3.71. The second-order valence-electron chi connectivity index (χ2n) is 6.11. The molecule has 1 atom stereocenters. The van der Waals surface area contributed by atoms with Crippen LogP contribution in [0.3, 0.4) is 0 Å². The van der Waals surface area contributed by atoms with E-state index >= 15 is 0 Å². The summed E-state index contributed by atoms with van der Waals surface area (Å²) in [6.07, 6.45) is 0.588. The van der Waals surface area contributed by atoms with Crippen molar-refractivity contribution < 1.29 is 14.3 Å². The molecule has 0 saturated carbocycles. The van der Waals surface area contributed by atoms with Gasteiger partial charge < -0.3 is 15.4 Å². The Morgan fingerprint density at radius 3 is 2.81 bits per heavy atom. The van der Waals surface area contributed by atoms with E-state index in [0.29, 0.717) is 34.4 Å². The summed E-state index contributed by atoms with van der Waals surface area (Å²) in [6, 6.07) is 1.21. The first-order valence-corrected chi connectivity index (χ1v) is 9.73. The highest BCUT2D eigenvalue weighted by molar-refractivity contribution is 7.99. The first-order valence-electron chi connectivity index (χ1n) is 8.74. The summed E-state index contributed by atoms with van der Waals surface area (Å²) in [6.45, 7) is 7.76. The average molecular weight is 390 g/mol. The van der Waals surface area contributed by atoms with Crippen LogP contribution in [-0.4, -0.2) is 50.0 Å². The molecule has 27 heavy (non-hydrogen) atoms. The number of amides is 2. The van der Waals surface area contributed by atoms with Crippen molar-refractivity contribution in [2.75, 3.05) is 12.4 Å². The van der Waals surface area contributed by atoms with Crippen LogP contribution in [0.5, 0.6) is 0 Å². The van der Waals surface area contributed by atoms with Crippen molar-refractivity contribution in [2.24, 2.45) is 0 Å². The maximum Gasteiger partial charge on any atom is 0.337 e. The highest BCUT2D eigenvalue weighted by atomic mass is 32.2. The topological polar surface area (TPSA) is 111 Å². The number of nitrogens with one attached hydrogen (secondary N) is 2. The van der Waals surface area contributed by atoms with E-state index < -0.39 is 5.97 Å². The Bertz CT molecular complexity index is 923. The summed E-state index contributed by atoms with van der Waals surface area (Å²) in [4.78, 5) is 33.1. The van der Waals surface area contributed by atoms with E-state index in [0.717, 1.165) is 11.4 Å². The summed E-state index contributed by atoms with van der Waals surface area (Å²) in [5.74, 6) is 0.436. The van der Waals surface area contributed by atoms with E-state index in [-0.39, 0.29) is 18.7 Å². The van der Waals surface area contributed by atoms with Gasteiger partial charge in [0, 0.05) is 22.8 Å². The zero-order valence-electron chi connectivity index (χ0n) is 15.7. The van der Waals surface area contributed by atoms with Gasteiger partial charge in [-0.15, -0.1) is 5.10 Å². The lowest BCUT2D eigenvalue weighted by molar-refractivity contribution is -0.139. The van der Waals surface area contributed by atoms with Crippen LogP contribution in [0.4, 0.5) is 4.79 Å². The third kappa shape index (κ3) is 4.05. The molecule has 0 fully saturated rings. The van der Waals surface area contributed by atoms with Gasteiger partial charge >= 0.3 is 12.0 Å². The van der Waals surface area contributed by atoms with Crippen molar-refractivity contribution in [3.05, 3.63) is 28.7 Å². The Kier molecular flexibility index (Phi) is 5.64. The summed E-state index contributed by atoms with van der Waals surface area (Å²) in [5, 5.41) is 10.4. The molecule has 9 nitrogen and oxygen atoms in total. The molecular weight excluding hydrogens is 368 g/mol. The maximum atomic E-state index is 12.4. The number of esters is 1. The fourth-order valence-electron chi connectivity index (χ4n) is 2.92. The molecule has 2 amide bonds. The number of rotatable bonds is 6. The molecule has 0 aromatic carbocycles. The van der Waals surface area contributed by atoms with Gasteiger partial charge in [-0.3, -0.25) is 0 Å². The lowest BCUT2D eigenvalue weighted by atomic mass is 10.0. The minimum absolute atomic E-state index is 0.269. The van der Waals surface area contributed by atoms with Gasteiger partial charge in [-0.05, 0) is 33.3 Å². The number of nitrogens with zero attached hydrogens (tertiary/aromatic N) is 4. The molecule has 3 rings (SSSR count). The highest BCUT2D eigenvalue weighted by Crippen LogP contribution is 2.23. The predicted molar refractivity (Wildman–Crippen MR) is 100 cm³/mol. The molecule has 0 spiro atoms. The number of urea groups is 1. The minimum Gasteiger partial charge on any atom is -0.463 e. The Morgan fingerprint density at radius 2 is 2.11 bits per heavy atom. The Balaban J connectivity index is 1.87. The maximum absolute atomic E-state index is 12.4. The van der Waals surface area contributed by atoms with Crippen molar-refractivity contribution in [3.8, 4) is 0 Å². The van der Waals surface area contributed by atoms with Crippen LogP contribution in [0.15, 0.2) is 22.5 Å². The number of ether oxygens (including phenoxy) is 1. The van der Waals surface area contributed by atoms with Crippen LogP contribution in [0.1, 0.15) is 31.7 Å². The molecule has 1 aliphatic heterocycles. The van der Waals surface area contributed by atoms with E-state index in [1.54, 1.807) is 11.4 Å². The van der Waals surface area contributed by atoms with Gasteiger partial charge in [0.2, 0.25) is 5.16 Å². The number of carbonyl (C=O) groups is 2. The molecule has 3 heterocycles. The number of thioether (sulfide) groups is 1. The largest absolute Gasteiger partial charge is 0.463 e. The zero-order valence-corrected chi connectivity index (χ0v) is 16.5. The summed E-state index contributed by atoms with van der Waals surface area (Å²) in [5.41, 5.74) is 2.77. The molecule has 0 bridgehead atoms. The third-order valence-corrected chi connectivity index (χ3v) is 4.96. The van der Waals surface area contributed by atoms with Crippen LogP contribution < -0.4 is 10.6 Å². The van der Waals surface area contributed by atoms with Crippen molar-refractivity contribution >= 4 is 29.5 Å². The van der Waals surface area contributed by atoms with Gasteiger partial charge in [-0.1, -0.05) is 18.7 Å². The Hall–Kier alpha value is -2.62. The number of aromatic nitrogens is 4. The molecule has 0 aliphatic carbocycles. The van der Waals surface area contributed by atoms with Gasteiger partial charge in [0.15, 0.2) is 0 Å². The van der Waals surface area contributed by atoms with Gasteiger partial charge in [0.05, 0.1) is 18.2 Å². The van der Waals surface area contributed by atoms with Gasteiger partial charge in [0.1, 0.15) is 0 Å². The van der Waals surface area contributed by atoms with Crippen LogP contribution in [0.2, 0.25) is 0 Å². The molecule has 10 heteroatoms. The van der Waals surface area contributed by atoms with E-state index in [1.165, 1.54) is 11.8 Å². The van der Waals surface area contributed by atoms with Crippen molar-refractivity contribution in [1.82, 2.24) is 30.2 Å². The lowest BCUT2D eigenvalue weighted by Gasteiger charge is -2.28. The van der Waals surface area contributed by atoms with Crippen molar-refractivity contribution in [3.63, 3.8) is 0 Å². The van der Waals surface area contributed by atoms with Crippen LogP contribution >= 0.6 is 11.8 Å². The summed E-state index contributed by atoms with van der Waals surface area (Å²) >= 11 is 1.33. The lowest BCUT2D eigenvalue weighted by Crippen LogP contribution is -2.50. The highest BCUT2D eigenvalue weighted by Gasteiger charge is 2.31. The molecule has 1 unspecified atom stereocenters. The van der Waals surface area contributed by atoms with Crippen LogP contribution in [0, 0.1) is 13.8 Å². The molecule has 1 aliphatic rings. The van der Waals surface area contributed by atoms with Crippen molar-refractivity contribution in [1.29, 1.82) is 0 Å². The monoisotopic (exact) mass is 390 g/mol. The second kappa shape index (κ2) is 7.95. The molecule has 2 N–H and O–H groups in total. The van der Waals surface area contributed by atoms with E-state index in [1.807, 2.05) is 26.8 Å². The first-order chi connectivity index (χ1) is 12.9. The van der Waals surface area contributed by atoms with Gasteiger partial charge in [-0.25, -0.2) is 19.1 Å². The first kappa shape index (κ1) is 19.2. The molecule has 0 saturated heterocycles. The second-order valence-corrected chi connectivity index (χ2v) is 7.05. The van der Waals surface area contributed by atoms with Gasteiger partial charge in [0.25, 0.3) is 5.78 Å². The van der Waals surface area contributed by atoms with Crippen LogP contribution in [-0.2, 0) is 9.53 Å². The zero-order chi connectivity index (χ0) is 19.6. The minimum atomic E-state index is -0.427. The van der Waals surface area contributed by atoms with Crippen molar-refractivity contribution in [2.45, 2.75) is 45.3 Å². The number of aryl methyl sites for hydroxylation is 2. The summed E-state index contributed by atoms with van der Waals surface area (Å²) < 4.78 is 6.84. The number of hydrogen-bond donors (Lipinski definition) is 2. The predicted octanol–water partition coefficient (Wildman–Crippen LogP) is 1.74. The smallest absolute Gasteiger partial charge is 0.337 e.